The van der Waals surface area contributed by atoms with Crippen LogP contribution in [0.5, 0.6) is 0 Å². The minimum atomic E-state index is 1.31. The largest absolute Gasteiger partial charge is 0.0587 e. The van der Waals surface area contributed by atoms with Gasteiger partial charge >= 0.3 is 0 Å². The van der Waals surface area contributed by atoms with E-state index < -0.39 is 0 Å². The molecule has 0 radical (unpaired) electrons. The molecule has 2 aromatic rings. The van der Waals surface area contributed by atoms with Crippen LogP contribution < -0.4 is 0 Å². The monoisotopic (exact) mass is 238 g/mol. The molecule has 0 aliphatic carbocycles. The van der Waals surface area contributed by atoms with E-state index >= 15 is 0 Å². The molecule has 0 nitrogen and oxygen atoms in total. The molecular formula is C18H22. The molecule has 0 bridgehead atoms. The third kappa shape index (κ3) is 1.96. The van der Waals surface area contributed by atoms with E-state index in [0.717, 1.165) is 0 Å². The molecule has 0 spiro atoms. The van der Waals surface area contributed by atoms with Crippen LogP contribution in [0.15, 0.2) is 24.3 Å². The van der Waals surface area contributed by atoms with E-state index in [1.807, 2.05) is 0 Å². The van der Waals surface area contributed by atoms with Crippen LogP contribution in [-0.4, -0.2) is 0 Å². The van der Waals surface area contributed by atoms with Crippen molar-refractivity contribution in [1.82, 2.24) is 0 Å². The van der Waals surface area contributed by atoms with Crippen molar-refractivity contribution in [3.63, 3.8) is 0 Å². The fourth-order valence-corrected chi connectivity index (χ4v) is 2.65. The van der Waals surface area contributed by atoms with Crippen molar-refractivity contribution < 1.29 is 0 Å². The molecule has 0 heteroatoms. The lowest BCUT2D eigenvalue weighted by Gasteiger charge is -2.19. The first-order valence-corrected chi connectivity index (χ1v) is 6.57. The van der Waals surface area contributed by atoms with Gasteiger partial charge in [0.25, 0.3) is 0 Å². The normalized spacial score (nSPS) is 10.8. The van der Waals surface area contributed by atoms with Gasteiger partial charge < -0.3 is 0 Å². The SMILES string of the molecule is Cc1ccc(-c2c(C)c(C)c(C)c(C)c2C)cc1. The summed E-state index contributed by atoms with van der Waals surface area (Å²) >= 11 is 0. The first-order valence-electron chi connectivity index (χ1n) is 6.57. The highest BCUT2D eigenvalue weighted by atomic mass is 14.2. The van der Waals surface area contributed by atoms with Crippen LogP contribution in [0.3, 0.4) is 0 Å². The molecule has 0 heterocycles. The van der Waals surface area contributed by atoms with Crippen molar-refractivity contribution in [3.05, 3.63) is 57.6 Å². The summed E-state index contributed by atoms with van der Waals surface area (Å²) < 4.78 is 0. The van der Waals surface area contributed by atoms with Gasteiger partial charge in [-0.05, 0) is 80.5 Å². The summed E-state index contributed by atoms with van der Waals surface area (Å²) in [5.74, 6) is 0. The molecule has 18 heavy (non-hydrogen) atoms. The average Bonchev–Trinajstić information content (AvgIpc) is 2.36. The van der Waals surface area contributed by atoms with E-state index in [4.69, 9.17) is 0 Å². The average molecular weight is 238 g/mol. The molecule has 0 atom stereocenters. The Kier molecular flexibility index (Phi) is 3.30. The second-order valence-electron chi connectivity index (χ2n) is 5.37. The Hall–Kier alpha value is -1.56. The summed E-state index contributed by atoms with van der Waals surface area (Å²) in [5.41, 5.74) is 11.2. The zero-order valence-corrected chi connectivity index (χ0v) is 12.3. The first-order chi connectivity index (χ1) is 8.43. The molecule has 0 aliphatic heterocycles. The first kappa shape index (κ1) is 12.9. The zero-order chi connectivity index (χ0) is 13.4. The molecule has 2 aromatic carbocycles. The van der Waals surface area contributed by atoms with Gasteiger partial charge in [0, 0.05) is 0 Å². The maximum Gasteiger partial charge on any atom is -0.0120 e. The maximum absolute atomic E-state index is 2.24. The van der Waals surface area contributed by atoms with Gasteiger partial charge in [0.05, 0.1) is 0 Å². The highest BCUT2D eigenvalue weighted by molar-refractivity contribution is 5.74. The van der Waals surface area contributed by atoms with Crippen LogP contribution in [0.4, 0.5) is 0 Å². The van der Waals surface area contributed by atoms with Gasteiger partial charge in [-0.15, -0.1) is 0 Å². The van der Waals surface area contributed by atoms with E-state index in [-0.39, 0.29) is 0 Å². The molecule has 0 aromatic heterocycles. The van der Waals surface area contributed by atoms with Gasteiger partial charge in [0.2, 0.25) is 0 Å². The molecule has 0 N–H and O–H groups in total. The van der Waals surface area contributed by atoms with Gasteiger partial charge in [-0.2, -0.15) is 0 Å². The van der Waals surface area contributed by atoms with E-state index in [0.29, 0.717) is 0 Å². The lowest BCUT2D eigenvalue weighted by molar-refractivity contribution is 1.18. The third-order valence-corrected chi connectivity index (χ3v) is 4.34. The Bertz CT molecular complexity index is 557. The Balaban J connectivity index is 2.75. The van der Waals surface area contributed by atoms with Crippen LogP contribution in [0.1, 0.15) is 33.4 Å². The van der Waals surface area contributed by atoms with Crippen LogP contribution in [0.25, 0.3) is 11.1 Å². The molecule has 0 aliphatic rings. The fraction of sp³-hybridized carbons (Fsp3) is 0.333. The number of rotatable bonds is 1. The van der Waals surface area contributed by atoms with Crippen molar-refractivity contribution in [1.29, 1.82) is 0 Å². The van der Waals surface area contributed by atoms with Crippen molar-refractivity contribution in [2.45, 2.75) is 41.5 Å². The molecule has 0 saturated carbocycles. The fourth-order valence-electron chi connectivity index (χ4n) is 2.65. The molecule has 0 saturated heterocycles. The molecule has 94 valence electrons. The lowest BCUT2D eigenvalue weighted by atomic mass is 9.86. The third-order valence-electron chi connectivity index (χ3n) is 4.34. The summed E-state index contributed by atoms with van der Waals surface area (Å²) in [6.07, 6.45) is 0. The summed E-state index contributed by atoms with van der Waals surface area (Å²) in [6, 6.07) is 8.86. The Morgan fingerprint density at radius 2 is 0.889 bits per heavy atom. The predicted octanol–water partition coefficient (Wildman–Crippen LogP) is 5.20. The second kappa shape index (κ2) is 4.61. The molecule has 2 rings (SSSR count). The van der Waals surface area contributed by atoms with Gasteiger partial charge in [-0.3, -0.25) is 0 Å². The van der Waals surface area contributed by atoms with E-state index in [2.05, 4.69) is 65.8 Å². The van der Waals surface area contributed by atoms with Crippen LogP contribution in [0, 0.1) is 41.5 Å². The molecular weight excluding hydrogens is 216 g/mol. The van der Waals surface area contributed by atoms with E-state index in [1.54, 1.807) is 0 Å². The number of aryl methyl sites for hydroxylation is 1. The van der Waals surface area contributed by atoms with Crippen molar-refractivity contribution >= 4 is 0 Å². The summed E-state index contributed by atoms with van der Waals surface area (Å²) in [6.45, 7) is 13.3. The van der Waals surface area contributed by atoms with Crippen LogP contribution in [-0.2, 0) is 0 Å². The highest BCUT2D eigenvalue weighted by Crippen LogP contribution is 2.33. The van der Waals surface area contributed by atoms with Crippen molar-refractivity contribution in [2.75, 3.05) is 0 Å². The van der Waals surface area contributed by atoms with E-state index in [9.17, 15) is 0 Å². The second-order valence-corrected chi connectivity index (χ2v) is 5.37. The number of benzene rings is 2. The predicted molar refractivity (Wildman–Crippen MR) is 80.3 cm³/mol. The Morgan fingerprint density at radius 1 is 0.500 bits per heavy atom. The molecule has 0 unspecified atom stereocenters. The lowest BCUT2D eigenvalue weighted by Crippen LogP contribution is -1.99. The van der Waals surface area contributed by atoms with Crippen LogP contribution in [0.2, 0.25) is 0 Å². The topological polar surface area (TPSA) is 0 Å². The van der Waals surface area contributed by atoms with Crippen molar-refractivity contribution in [2.24, 2.45) is 0 Å². The van der Waals surface area contributed by atoms with Gasteiger partial charge in [0.15, 0.2) is 0 Å². The highest BCUT2D eigenvalue weighted by Gasteiger charge is 2.13. The standard InChI is InChI=1S/C18H22/c1-11-7-9-17(10-8-11)18-15(5)13(3)12(2)14(4)16(18)6/h7-10H,1-6H3. The smallest absolute Gasteiger partial charge is 0.0120 e. The van der Waals surface area contributed by atoms with Gasteiger partial charge in [-0.1, -0.05) is 29.8 Å². The molecule has 0 amide bonds. The minimum Gasteiger partial charge on any atom is -0.0587 e. The van der Waals surface area contributed by atoms with Crippen molar-refractivity contribution in [3.8, 4) is 11.1 Å². The van der Waals surface area contributed by atoms with Gasteiger partial charge in [0.1, 0.15) is 0 Å². The van der Waals surface area contributed by atoms with Gasteiger partial charge in [-0.25, -0.2) is 0 Å². The van der Waals surface area contributed by atoms with Crippen LogP contribution >= 0.6 is 0 Å². The summed E-state index contributed by atoms with van der Waals surface area (Å²) in [4.78, 5) is 0. The summed E-state index contributed by atoms with van der Waals surface area (Å²) in [5, 5.41) is 0. The number of hydrogen-bond acceptors (Lipinski definition) is 0. The Labute approximate surface area is 111 Å². The quantitative estimate of drug-likeness (QED) is 0.640. The maximum atomic E-state index is 2.24. The minimum absolute atomic E-state index is 1.31. The number of hydrogen-bond donors (Lipinski definition) is 0. The molecule has 0 fully saturated rings. The Morgan fingerprint density at radius 3 is 1.33 bits per heavy atom. The summed E-state index contributed by atoms with van der Waals surface area (Å²) in [7, 11) is 0. The zero-order valence-electron chi connectivity index (χ0n) is 12.3. The van der Waals surface area contributed by atoms with E-state index in [1.165, 1.54) is 44.5 Å².